The van der Waals surface area contributed by atoms with Crippen molar-refractivity contribution in [1.82, 2.24) is 15.6 Å². The van der Waals surface area contributed by atoms with E-state index in [1.54, 1.807) is 6.20 Å². The first-order valence-corrected chi connectivity index (χ1v) is 8.44. The number of aromatic nitrogens is 1. The number of benzene rings is 1. The molecule has 6 heteroatoms. The lowest BCUT2D eigenvalue weighted by Gasteiger charge is -2.14. The van der Waals surface area contributed by atoms with Gasteiger partial charge in [-0.2, -0.15) is 0 Å². The van der Waals surface area contributed by atoms with Crippen LogP contribution in [0.4, 0.5) is 0 Å². The molecule has 3 rings (SSSR count). The molecule has 126 valence electrons. The zero-order valence-electron chi connectivity index (χ0n) is 13.3. The fourth-order valence-corrected chi connectivity index (χ4v) is 2.65. The van der Waals surface area contributed by atoms with E-state index in [0.717, 1.165) is 25.1 Å². The first kappa shape index (κ1) is 16.7. The summed E-state index contributed by atoms with van der Waals surface area (Å²) in [7, 11) is 0. The molecule has 0 unspecified atom stereocenters. The van der Waals surface area contributed by atoms with Crippen LogP contribution in [0, 0.1) is 0 Å². The van der Waals surface area contributed by atoms with Crippen molar-refractivity contribution in [2.45, 2.75) is 19.3 Å². The number of rotatable bonds is 6. The van der Waals surface area contributed by atoms with Gasteiger partial charge in [0.15, 0.2) is 11.7 Å². The van der Waals surface area contributed by atoms with Crippen molar-refractivity contribution in [2.24, 2.45) is 0 Å². The molecule has 2 heterocycles. The van der Waals surface area contributed by atoms with E-state index in [1.807, 2.05) is 24.3 Å². The monoisotopic (exact) mass is 345 g/mol. The molecule has 0 saturated heterocycles. The Balaban J connectivity index is 1.47. The summed E-state index contributed by atoms with van der Waals surface area (Å²) < 4.78 is 5.70. The highest BCUT2D eigenvalue weighted by atomic mass is 35.5. The summed E-state index contributed by atoms with van der Waals surface area (Å²) in [5.41, 5.74) is 2.20. The van der Waals surface area contributed by atoms with Crippen LogP contribution in [-0.2, 0) is 11.2 Å². The molecule has 0 fully saturated rings. The van der Waals surface area contributed by atoms with E-state index < -0.39 is 0 Å². The molecular formula is C18H20ClN3O2. The molecule has 0 spiro atoms. The fraction of sp³-hybridized carbons (Fsp3) is 0.333. The van der Waals surface area contributed by atoms with E-state index >= 15 is 0 Å². The molecule has 0 radical (unpaired) electrons. The average Bonchev–Trinajstić information content (AvgIpc) is 3.09. The van der Waals surface area contributed by atoms with Crippen molar-refractivity contribution in [3.05, 3.63) is 53.0 Å². The van der Waals surface area contributed by atoms with Gasteiger partial charge in [0.25, 0.3) is 0 Å². The molecule has 24 heavy (non-hydrogen) atoms. The van der Waals surface area contributed by atoms with E-state index in [9.17, 15) is 4.79 Å². The Hall–Kier alpha value is -2.11. The van der Waals surface area contributed by atoms with E-state index in [4.69, 9.17) is 16.0 Å². The number of nitrogens with zero attached hydrogens (tertiary/aromatic N) is 1. The maximum atomic E-state index is 11.9. The van der Waals surface area contributed by atoms with Gasteiger partial charge in [-0.1, -0.05) is 23.3 Å². The minimum Gasteiger partial charge on any atom is -0.441 e. The van der Waals surface area contributed by atoms with E-state index in [0.29, 0.717) is 36.1 Å². The largest absolute Gasteiger partial charge is 0.441 e. The predicted octanol–water partition coefficient (Wildman–Crippen LogP) is 2.96. The van der Waals surface area contributed by atoms with Crippen molar-refractivity contribution in [3.63, 3.8) is 0 Å². The normalized spacial score (nSPS) is 14.3. The summed E-state index contributed by atoms with van der Waals surface area (Å²) in [6.07, 6.45) is 5.66. The standard InChI is InChI=1S/C18H20ClN3O2/c19-15-3-1-14(2-4-15)16-12-22-18(24-16)6-5-17(23)21-11-13-7-9-20-10-8-13/h1-4,7,12,20H,5-6,8-11H2,(H,21,23). The summed E-state index contributed by atoms with van der Waals surface area (Å²) in [4.78, 5) is 16.2. The van der Waals surface area contributed by atoms with Gasteiger partial charge in [0, 0.05) is 36.5 Å². The van der Waals surface area contributed by atoms with Crippen LogP contribution in [0.25, 0.3) is 11.3 Å². The molecule has 1 aromatic heterocycles. The molecular weight excluding hydrogens is 326 g/mol. The van der Waals surface area contributed by atoms with Gasteiger partial charge in [0.2, 0.25) is 5.91 Å². The lowest BCUT2D eigenvalue weighted by Crippen LogP contribution is -2.29. The zero-order chi connectivity index (χ0) is 16.8. The maximum absolute atomic E-state index is 11.9. The molecule has 1 aromatic carbocycles. The minimum atomic E-state index is 0.0145. The van der Waals surface area contributed by atoms with Gasteiger partial charge < -0.3 is 15.1 Å². The SMILES string of the molecule is O=C(CCc1ncc(-c2ccc(Cl)cc2)o1)NCC1=CCNCC1. The Bertz CT molecular complexity index is 722. The quantitative estimate of drug-likeness (QED) is 0.790. The number of oxazole rings is 1. The van der Waals surface area contributed by atoms with Crippen LogP contribution in [0.1, 0.15) is 18.7 Å². The molecule has 0 bridgehead atoms. The number of halogens is 1. The first-order chi connectivity index (χ1) is 11.7. The number of amides is 1. The lowest BCUT2D eigenvalue weighted by atomic mass is 10.1. The van der Waals surface area contributed by atoms with Crippen LogP contribution in [0.15, 0.2) is 46.5 Å². The molecule has 5 nitrogen and oxygen atoms in total. The topological polar surface area (TPSA) is 67.2 Å². The lowest BCUT2D eigenvalue weighted by molar-refractivity contribution is -0.120. The highest BCUT2D eigenvalue weighted by molar-refractivity contribution is 6.30. The van der Waals surface area contributed by atoms with Crippen molar-refractivity contribution in [2.75, 3.05) is 19.6 Å². The highest BCUT2D eigenvalue weighted by Crippen LogP contribution is 2.22. The van der Waals surface area contributed by atoms with Crippen molar-refractivity contribution >= 4 is 17.5 Å². The average molecular weight is 346 g/mol. The molecule has 1 aliphatic heterocycles. The molecule has 0 saturated carbocycles. The Morgan fingerprint density at radius 1 is 1.33 bits per heavy atom. The van der Waals surface area contributed by atoms with Gasteiger partial charge in [0.05, 0.1) is 6.20 Å². The third kappa shape index (κ3) is 4.69. The van der Waals surface area contributed by atoms with Crippen molar-refractivity contribution in [1.29, 1.82) is 0 Å². The summed E-state index contributed by atoms with van der Waals surface area (Å²) >= 11 is 5.88. The summed E-state index contributed by atoms with van der Waals surface area (Å²) in [5.74, 6) is 1.26. The third-order valence-corrected chi connectivity index (χ3v) is 4.17. The molecule has 0 atom stereocenters. The Labute approximate surface area is 146 Å². The zero-order valence-corrected chi connectivity index (χ0v) is 14.1. The van der Waals surface area contributed by atoms with Gasteiger partial charge in [-0.25, -0.2) is 4.98 Å². The maximum Gasteiger partial charge on any atom is 0.220 e. The van der Waals surface area contributed by atoms with Crippen LogP contribution in [-0.4, -0.2) is 30.5 Å². The van der Waals surface area contributed by atoms with Gasteiger partial charge in [-0.15, -0.1) is 0 Å². The van der Waals surface area contributed by atoms with E-state index in [1.165, 1.54) is 5.57 Å². The smallest absolute Gasteiger partial charge is 0.220 e. The number of carbonyl (C=O) groups excluding carboxylic acids is 1. The molecule has 0 aliphatic carbocycles. The second kappa shape index (κ2) is 8.13. The Morgan fingerprint density at radius 2 is 2.17 bits per heavy atom. The summed E-state index contributed by atoms with van der Waals surface area (Å²) in [5, 5.41) is 6.88. The number of nitrogens with one attached hydrogen (secondary N) is 2. The highest BCUT2D eigenvalue weighted by Gasteiger charge is 2.10. The number of hydrogen-bond acceptors (Lipinski definition) is 4. The number of carbonyl (C=O) groups is 1. The van der Waals surface area contributed by atoms with Gasteiger partial charge >= 0.3 is 0 Å². The summed E-state index contributed by atoms with van der Waals surface area (Å²) in [6.45, 7) is 2.49. The van der Waals surface area contributed by atoms with Crippen LogP contribution >= 0.6 is 11.6 Å². The van der Waals surface area contributed by atoms with Crippen LogP contribution in [0.2, 0.25) is 5.02 Å². The van der Waals surface area contributed by atoms with E-state index in [2.05, 4.69) is 21.7 Å². The van der Waals surface area contributed by atoms with Crippen molar-refractivity contribution < 1.29 is 9.21 Å². The second-order valence-corrected chi connectivity index (χ2v) is 6.15. The van der Waals surface area contributed by atoms with Crippen molar-refractivity contribution in [3.8, 4) is 11.3 Å². The van der Waals surface area contributed by atoms with Crippen LogP contribution in [0.5, 0.6) is 0 Å². The number of hydrogen-bond donors (Lipinski definition) is 2. The van der Waals surface area contributed by atoms with Gasteiger partial charge in [-0.05, 0) is 37.2 Å². The summed E-state index contributed by atoms with van der Waals surface area (Å²) in [6, 6.07) is 7.38. The third-order valence-electron chi connectivity index (χ3n) is 3.92. The van der Waals surface area contributed by atoms with E-state index in [-0.39, 0.29) is 5.91 Å². The van der Waals surface area contributed by atoms with Gasteiger partial charge in [0.1, 0.15) is 0 Å². The molecule has 1 aliphatic rings. The van der Waals surface area contributed by atoms with Gasteiger partial charge in [-0.3, -0.25) is 4.79 Å². The minimum absolute atomic E-state index is 0.0145. The van der Waals surface area contributed by atoms with Crippen LogP contribution < -0.4 is 10.6 Å². The molecule has 2 N–H and O–H groups in total. The van der Waals surface area contributed by atoms with Crippen LogP contribution in [0.3, 0.4) is 0 Å². The predicted molar refractivity (Wildman–Crippen MR) is 93.8 cm³/mol. The Kier molecular flexibility index (Phi) is 5.67. The Morgan fingerprint density at radius 3 is 2.92 bits per heavy atom. The molecule has 2 aromatic rings. The first-order valence-electron chi connectivity index (χ1n) is 8.06. The number of aryl methyl sites for hydroxylation is 1. The molecule has 1 amide bonds. The fourth-order valence-electron chi connectivity index (χ4n) is 2.52. The second-order valence-electron chi connectivity index (χ2n) is 5.72.